The van der Waals surface area contributed by atoms with Crippen LogP contribution in [0.5, 0.6) is 0 Å². The van der Waals surface area contributed by atoms with Crippen molar-refractivity contribution in [3.8, 4) is 0 Å². The van der Waals surface area contributed by atoms with Crippen molar-refractivity contribution >= 4 is 33.2 Å². The van der Waals surface area contributed by atoms with E-state index in [2.05, 4.69) is 36.5 Å². The molecule has 0 spiro atoms. The first-order valence-electron chi connectivity index (χ1n) is 7.88. The quantitative estimate of drug-likeness (QED) is 0.557. The molecular weight excluding hydrogens is 391 g/mol. The van der Waals surface area contributed by atoms with E-state index in [0.717, 1.165) is 27.7 Å². The van der Waals surface area contributed by atoms with Crippen LogP contribution in [0, 0.1) is 19.7 Å². The van der Waals surface area contributed by atoms with Crippen LogP contribution >= 0.6 is 27.3 Å². The van der Waals surface area contributed by atoms with Crippen molar-refractivity contribution in [3.63, 3.8) is 0 Å². The molecule has 0 fully saturated rings. The average Bonchev–Trinajstić information content (AvgIpc) is 2.86. The first-order valence-corrected chi connectivity index (χ1v) is 9.49. The van der Waals surface area contributed by atoms with E-state index in [1.54, 1.807) is 17.4 Å². The maximum absolute atomic E-state index is 13.8. The molecule has 130 valence electrons. The number of hydrogen-bond donors (Lipinski definition) is 2. The number of guanidine groups is 1. The largest absolute Gasteiger partial charge is 0.357 e. The molecule has 2 aromatic rings. The second-order valence-corrected chi connectivity index (χ2v) is 7.55. The number of nitrogens with zero attached hydrogens (tertiary/aromatic N) is 2. The molecule has 7 heteroatoms. The van der Waals surface area contributed by atoms with Crippen molar-refractivity contribution in [2.45, 2.75) is 33.7 Å². The van der Waals surface area contributed by atoms with Gasteiger partial charge in [0.05, 0.1) is 17.2 Å². The van der Waals surface area contributed by atoms with Gasteiger partial charge in [-0.2, -0.15) is 0 Å². The molecule has 0 bridgehead atoms. The Kier molecular flexibility index (Phi) is 7.17. The third-order valence-electron chi connectivity index (χ3n) is 3.42. The number of nitrogens with one attached hydrogen (secondary N) is 2. The van der Waals surface area contributed by atoms with Crippen LogP contribution < -0.4 is 10.6 Å². The molecule has 1 aromatic heterocycles. The highest BCUT2D eigenvalue weighted by Gasteiger charge is 2.06. The Bertz CT molecular complexity index is 715. The maximum atomic E-state index is 13.8. The highest BCUT2D eigenvalue weighted by molar-refractivity contribution is 9.10. The summed E-state index contributed by atoms with van der Waals surface area (Å²) in [5.74, 6) is 0.552. The molecular formula is C17H22BrFN4S. The summed E-state index contributed by atoms with van der Waals surface area (Å²) >= 11 is 5.04. The lowest BCUT2D eigenvalue weighted by Crippen LogP contribution is -2.38. The molecule has 0 saturated carbocycles. The van der Waals surface area contributed by atoms with E-state index >= 15 is 0 Å². The van der Waals surface area contributed by atoms with Crippen LogP contribution in [0.2, 0.25) is 0 Å². The van der Waals surface area contributed by atoms with Crippen LogP contribution in [0.15, 0.2) is 27.7 Å². The molecule has 1 aromatic carbocycles. The van der Waals surface area contributed by atoms with Crippen molar-refractivity contribution in [1.82, 2.24) is 15.6 Å². The zero-order chi connectivity index (χ0) is 17.5. The lowest BCUT2D eigenvalue weighted by molar-refractivity contribution is 0.606. The Morgan fingerprint density at radius 3 is 2.79 bits per heavy atom. The minimum atomic E-state index is -0.183. The van der Waals surface area contributed by atoms with Gasteiger partial charge >= 0.3 is 0 Å². The molecule has 0 amide bonds. The smallest absolute Gasteiger partial charge is 0.191 e. The number of aryl methyl sites for hydroxylation is 2. The van der Waals surface area contributed by atoms with Gasteiger partial charge in [0.15, 0.2) is 5.96 Å². The standard InChI is InChI=1S/C17H22BrFN4S/c1-4-20-17(22-10-16-11(2)23-12(3)24-16)21-8-7-13-9-14(18)5-6-15(13)19/h5-6,9H,4,7-8,10H2,1-3H3,(H2,20,21,22). The molecule has 0 radical (unpaired) electrons. The van der Waals surface area contributed by atoms with Gasteiger partial charge in [0.25, 0.3) is 0 Å². The zero-order valence-electron chi connectivity index (χ0n) is 14.1. The second-order valence-electron chi connectivity index (χ2n) is 5.35. The normalized spacial score (nSPS) is 11.6. The number of aliphatic imine (C=N–C) groups is 1. The number of halogens is 2. The van der Waals surface area contributed by atoms with Crippen LogP contribution in [-0.4, -0.2) is 24.0 Å². The van der Waals surface area contributed by atoms with Gasteiger partial charge in [-0.05, 0) is 51.0 Å². The van der Waals surface area contributed by atoms with Crippen molar-refractivity contribution in [3.05, 3.63) is 49.6 Å². The lowest BCUT2D eigenvalue weighted by atomic mass is 10.1. The first-order chi connectivity index (χ1) is 11.5. The van der Waals surface area contributed by atoms with Gasteiger partial charge in [-0.1, -0.05) is 15.9 Å². The monoisotopic (exact) mass is 412 g/mol. The summed E-state index contributed by atoms with van der Waals surface area (Å²) in [7, 11) is 0. The van der Waals surface area contributed by atoms with E-state index in [1.807, 2.05) is 26.8 Å². The van der Waals surface area contributed by atoms with Gasteiger partial charge in [0, 0.05) is 22.4 Å². The van der Waals surface area contributed by atoms with Crippen LogP contribution in [0.4, 0.5) is 4.39 Å². The lowest BCUT2D eigenvalue weighted by Gasteiger charge is -2.11. The van der Waals surface area contributed by atoms with Crippen molar-refractivity contribution in [1.29, 1.82) is 0 Å². The molecule has 0 aliphatic rings. The van der Waals surface area contributed by atoms with E-state index in [0.29, 0.717) is 25.1 Å². The number of thiazole rings is 1. The van der Waals surface area contributed by atoms with Gasteiger partial charge in [-0.25, -0.2) is 14.4 Å². The Hall–Kier alpha value is -1.47. The summed E-state index contributed by atoms with van der Waals surface area (Å²) in [4.78, 5) is 10.2. The van der Waals surface area contributed by atoms with E-state index in [4.69, 9.17) is 0 Å². The Morgan fingerprint density at radius 2 is 2.12 bits per heavy atom. The number of hydrogen-bond acceptors (Lipinski definition) is 3. The van der Waals surface area contributed by atoms with Crippen molar-refractivity contribution in [2.75, 3.05) is 13.1 Å². The molecule has 0 atom stereocenters. The summed E-state index contributed by atoms with van der Waals surface area (Å²) in [6, 6.07) is 5.00. The SMILES string of the molecule is CCNC(=NCc1sc(C)nc1C)NCCc1cc(Br)ccc1F. The molecule has 0 aliphatic carbocycles. The minimum Gasteiger partial charge on any atom is -0.357 e. The Labute approximate surface area is 154 Å². The average molecular weight is 413 g/mol. The van der Waals surface area contributed by atoms with Crippen LogP contribution in [0.3, 0.4) is 0 Å². The number of rotatable bonds is 6. The predicted molar refractivity (Wildman–Crippen MR) is 102 cm³/mol. The van der Waals surface area contributed by atoms with E-state index in [1.165, 1.54) is 10.9 Å². The second kappa shape index (κ2) is 9.13. The molecule has 0 aliphatic heterocycles. The predicted octanol–water partition coefficient (Wildman–Crippen LogP) is 3.96. The third kappa shape index (κ3) is 5.56. The number of benzene rings is 1. The van der Waals surface area contributed by atoms with E-state index in [-0.39, 0.29) is 5.82 Å². The van der Waals surface area contributed by atoms with Gasteiger partial charge < -0.3 is 10.6 Å². The van der Waals surface area contributed by atoms with Crippen LogP contribution in [0.25, 0.3) is 0 Å². The molecule has 2 rings (SSSR count). The minimum absolute atomic E-state index is 0.183. The molecule has 0 unspecified atom stereocenters. The first kappa shape index (κ1) is 18.9. The molecule has 0 saturated heterocycles. The highest BCUT2D eigenvalue weighted by atomic mass is 79.9. The molecule has 24 heavy (non-hydrogen) atoms. The van der Waals surface area contributed by atoms with Crippen LogP contribution in [-0.2, 0) is 13.0 Å². The Balaban J connectivity index is 1.94. The van der Waals surface area contributed by atoms with Gasteiger partial charge in [0.1, 0.15) is 5.82 Å². The van der Waals surface area contributed by atoms with E-state index < -0.39 is 0 Å². The fourth-order valence-corrected chi connectivity index (χ4v) is 3.53. The summed E-state index contributed by atoms with van der Waals surface area (Å²) < 4.78 is 14.6. The van der Waals surface area contributed by atoms with Crippen LogP contribution in [0.1, 0.15) is 28.1 Å². The molecule has 1 heterocycles. The zero-order valence-corrected chi connectivity index (χ0v) is 16.5. The summed E-state index contributed by atoms with van der Waals surface area (Å²) in [5.41, 5.74) is 1.72. The fourth-order valence-electron chi connectivity index (χ4n) is 2.26. The topological polar surface area (TPSA) is 49.3 Å². The third-order valence-corrected chi connectivity index (χ3v) is 4.97. The summed E-state index contributed by atoms with van der Waals surface area (Å²) in [6.45, 7) is 8.01. The molecule has 4 nitrogen and oxygen atoms in total. The summed E-state index contributed by atoms with van der Waals surface area (Å²) in [6.07, 6.45) is 0.592. The maximum Gasteiger partial charge on any atom is 0.191 e. The summed E-state index contributed by atoms with van der Waals surface area (Å²) in [5, 5.41) is 7.52. The Morgan fingerprint density at radius 1 is 1.33 bits per heavy atom. The fraction of sp³-hybridized carbons (Fsp3) is 0.412. The van der Waals surface area contributed by atoms with Crippen molar-refractivity contribution < 1.29 is 4.39 Å². The highest BCUT2D eigenvalue weighted by Crippen LogP contribution is 2.18. The molecule has 2 N–H and O–H groups in total. The van der Waals surface area contributed by atoms with Gasteiger partial charge in [-0.15, -0.1) is 11.3 Å². The van der Waals surface area contributed by atoms with Gasteiger partial charge in [-0.3, -0.25) is 0 Å². The van der Waals surface area contributed by atoms with E-state index in [9.17, 15) is 4.39 Å². The van der Waals surface area contributed by atoms with Gasteiger partial charge in [0.2, 0.25) is 0 Å². The van der Waals surface area contributed by atoms with Crippen molar-refractivity contribution in [2.24, 2.45) is 4.99 Å². The number of aromatic nitrogens is 1.